The van der Waals surface area contributed by atoms with Crippen LogP contribution < -0.4 is 15.4 Å². The Morgan fingerprint density at radius 1 is 1.05 bits per heavy atom. The number of nitrogens with one attached hydrogen (secondary N) is 2. The maximum Gasteiger partial charge on any atom is 0.416 e. The zero-order chi connectivity index (χ0) is 29.0. The summed E-state index contributed by atoms with van der Waals surface area (Å²) in [6.07, 6.45) is -3.18. The predicted molar refractivity (Wildman–Crippen MR) is 148 cm³/mol. The number of anilines is 2. The number of nitrogens with zero attached hydrogens (tertiary/aromatic N) is 4. The van der Waals surface area contributed by atoms with Crippen molar-refractivity contribution < 1.29 is 27.4 Å². The van der Waals surface area contributed by atoms with Crippen molar-refractivity contribution in [3.05, 3.63) is 71.0 Å². The zero-order valence-corrected chi connectivity index (χ0v) is 23.0. The molecule has 2 N–H and O–H groups in total. The van der Waals surface area contributed by atoms with Crippen LogP contribution in [-0.2, 0) is 17.5 Å². The molecule has 2 aliphatic heterocycles. The third-order valence-electron chi connectivity index (χ3n) is 7.28. The van der Waals surface area contributed by atoms with Gasteiger partial charge in [-0.25, -0.2) is 9.97 Å². The van der Waals surface area contributed by atoms with Crippen molar-refractivity contribution in [2.45, 2.75) is 32.6 Å². The van der Waals surface area contributed by atoms with Crippen molar-refractivity contribution in [1.82, 2.24) is 19.8 Å². The van der Waals surface area contributed by atoms with E-state index in [0.717, 1.165) is 31.3 Å². The van der Waals surface area contributed by atoms with Gasteiger partial charge in [0.25, 0.3) is 5.91 Å². The minimum Gasteiger partial charge on any atom is -0.439 e. The van der Waals surface area contributed by atoms with E-state index in [4.69, 9.17) is 9.47 Å². The molecule has 2 aromatic carbocycles. The average Bonchev–Trinajstić information content (AvgIpc) is 2.93. The highest BCUT2D eigenvalue weighted by molar-refractivity contribution is 6.04. The molecule has 41 heavy (non-hydrogen) atoms. The summed E-state index contributed by atoms with van der Waals surface area (Å²) >= 11 is 0. The number of aryl methyl sites for hydroxylation is 1. The molecular weight excluding hydrogens is 537 g/mol. The van der Waals surface area contributed by atoms with E-state index in [1.54, 1.807) is 18.2 Å². The molecule has 2 saturated heterocycles. The first kappa shape index (κ1) is 28.8. The fraction of sp³-hybridized carbons (Fsp3) is 0.414. The molecule has 2 fully saturated rings. The molecule has 1 aromatic heterocycles. The lowest BCUT2D eigenvalue weighted by Crippen LogP contribution is -2.45. The maximum absolute atomic E-state index is 14.0. The lowest BCUT2D eigenvalue weighted by Gasteiger charge is -2.34. The van der Waals surface area contributed by atoms with Crippen molar-refractivity contribution in [2.24, 2.45) is 0 Å². The van der Waals surface area contributed by atoms with Crippen LogP contribution in [0.4, 0.5) is 24.7 Å². The number of ether oxygens (including phenoxy) is 2. The van der Waals surface area contributed by atoms with E-state index >= 15 is 0 Å². The Morgan fingerprint density at radius 2 is 1.80 bits per heavy atom. The maximum atomic E-state index is 14.0. The van der Waals surface area contributed by atoms with Gasteiger partial charge in [-0.3, -0.25) is 9.69 Å². The minimum atomic E-state index is -4.55. The Hall–Kier alpha value is -3.74. The molecule has 5 rings (SSSR count). The van der Waals surface area contributed by atoms with E-state index in [0.29, 0.717) is 37.9 Å². The van der Waals surface area contributed by atoms with Crippen LogP contribution in [0.2, 0.25) is 0 Å². The summed E-state index contributed by atoms with van der Waals surface area (Å²) in [7, 11) is 0. The van der Waals surface area contributed by atoms with Gasteiger partial charge in [0, 0.05) is 50.0 Å². The lowest BCUT2D eigenvalue weighted by atomic mass is 10.0. The van der Waals surface area contributed by atoms with E-state index in [-0.39, 0.29) is 35.3 Å². The summed E-state index contributed by atoms with van der Waals surface area (Å²) < 4.78 is 53.1. The van der Waals surface area contributed by atoms with Crippen LogP contribution >= 0.6 is 0 Å². The van der Waals surface area contributed by atoms with Gasteiger partial charge >= 0.3 is 6.18 Å². The predicted octanol–water partition coefficient (Wildman–Crippen LogP) is 4.80. The van der Waals surface area contributed by atoms with Crippen LogP contribution in [0.15, 0.2) is 48.8 Å². The first-order valence-electron chi connectivity index (χ1n) is 13.6. The number of likely N-dealkylation sites (N-methyl/N-ethyl adjacent to an activating group) is 1. The average molecular weight is 571 g/mol. The quantitative estimate of drug-likeness (QED) is 0.379. The van der Waals surface area contributed by atoms with Gasteiger partial charge in [0.2, 0.25) is 5.88 Å². The van der Waals surface area contributed by atoms with Crippen molar-refractivity contribution in [1.29, 1.82) is 0 Å². The number of carbonyl (C=O) groups excluding carboxylic acids is 1. The van der Waals surface area contributed by atoms with Gasteiger partial charge in [-0.1, -0.05) is 19.1 Å². The number of carbonyl (C=O) groups is 1. The van der Waals surface area contributed by atoms with Gasteiger partial charge in [0.15, 0.2) is 0 Å². The molecular formula is C29H33F3N6O3. The molecule has 12 heteroatoms. The van der Waals surface area contributed by atoms with Crippen LogP contribution in [0.3, 0.4) is 0 Å². The molecule has 0 saturated carbocycles. The second-order valence-corrected chi connectivity index (χ2v) is 10.2. The molecule has 3 aromatic rings. The van der Waals surface area contributed by atoms with Gasteiger partial charge in [0.05, 0.1) is 24.8 Å². The van der Waals surface area contributed by atoms with Crippen LogP contribution in [0, 0.1) is 6.92 Å². The van der Waals surface area contributed by atoms with E-state index in [9.17, 15) is 18.0 Å². The minimum absolute atomic E-state index is 0.0661. The van der Waals surface area contributed by atoms with Crippen molar-refractivity contribution in [3.8, 4) is 11.6 Å². The normalized spacial score (nSPS) is 16.7. The molecule has 2 aliphatic rings. The number of halogens is 3. The van der Waals surface area contributed by atoms with Gasteiger partial charge < -0.3 is 25.0 Å². The van der Waals surface area contributed by atoms with Crippen LogP contribution in [-0.4, -0.2) is 77.7 Å². The summed E-state index contributed by atoms with van der Waals surface area (Å²) in [5.74, 6) is 0.706. The topological polar surface area (TPSA) is 91.9 Å². The number of amides is 1. The van der Waals surface area contributed by atoms with Gasteiger partial charge in [-0.15, -0.1) is 0 Å². The second-order valence-electron chi connectivity index (χ2n) is 10.2. The molecule has 3 heterocycles. The Labute approximate surface area is 236 Å². The van der Waals surface area contributed by atoms with Gasteiger partial charge in [-0.05, 0) is 48.9 Å². The Bertz CT molecular complexity index is 1370. The Balaban J connectivity index is 1.28. The lowest BCUT2D eigenvalue weighted by molar-refractivity contribution is -0.138. The first-order valence-corrected chi connectivity index (χ1v) is 13.6. The number of alkyl halides is 3. The van der Waals surface area contributed by atoms with Crippen LogP contribution in [0.25, 0.3) is 0 Å². The molecule has 0 radical (unpaired) electrons. The summed E-state index contributed by atoms with van der Waals surface area (Å²) in [6.45, 7) is 9.31. The van der Waals surface area contributed by atoms with Crippen LogP contribution in [0.1, 0.15) is 34.0 Å². The fourth-order valence-electron chi connectivity index (χ4n) is 4.73. The molecule has 0 aliphatic carbocycles. The SMILES string of the molecule is CCN1CCN(Cc2ccc(NC(=O)c3ccc(C)c(Oc4cc(NC5COC5)ncn4)c3)cc2C(F)(F)F)CC1. The van der Waals surface area contributed by atoms with Crippen molar-refractivity contribution >= 4 is 17.4 Å². The summed E-state index contributed by atoms with van der Waals surface area (Å²) in [6, 6.07) is 10.6. The smallest absolute Gasteiger partial charge is 0.416 e. The molecule has 0 unspecified atom stereocenters. The number of aromatic nitrogens is 2. The molecule has 0 atom stereocenters. The third kappa shape index (κ3) is 7.32. The standard InChI is InChI=1S/C29H33F3N6O3/c1-3-37-8-10-38(11-9-37)15-21-6-7-22(13-24(21)29(30,31)32)36-28(39)20-5-4-19(2)25(12-20)41-27-14-26(33-18-34-27)35-23-16-40-17-23/h4-7,12-14,18,23H,3,8-11,15-17H2,1-2H3,(H,36,39)(H,33,34,35). The van der Waals surface area contributed by atoms with E-state index in [2.05, 4.69) is 32.4 Å². The monoisotopic (exact) mass is 570 g/mol. The largest absolute Gasteiger partial charge is 0.439 e. The number of benzene rings is 2. The molecule has 9 nitrogen and oxygen atoms in total. The summed E-state index contributed by atoms with van der Waals surface area (Å²) in [5, 5.41) is 5.82. The first-order chi connectivity index (χ1) is 19.7. The molecule has 0 bridgehead atoms. The van der Waals surface area contributed by atoms with Gasteiger partial charge in [0.1, 0.15) is 17.9 Å². The van der Waals surface area contributed by atoms with E-state index in [1.807, 2.05) is 11.8 Å². The Kier molecular flexibility index (Phi) is 8.71. The number of hydrogen-bond donors (Lipinski definition) is 2. The molecule has 0 spiro atoms. The van der Waals surface area contributed by atoms with Gasteiger partial charge in [-0.2, -0.15) is 13.2 Å². The summed E-state index contributed by atoms with van der Waals surface area (Å²) in [5.41, 5.74) is 0.496. The zero-order valence-electron chi connectivity index (χ0n) is 23.0. The number of hydrogen-bond acceptors (Lipinski definition) is 8. The highest BCUT2D eigenvalue weighted by Crippen LogP contribution is 2.35. The van der Waals surface area contributed by atoms with E-state index < -0.39 is 17.6 Å². The van der Waals surface area contributed by atoms with E-state index in [1.165, 1.54) is 24.5 Å². The molecule has 218 valence electrons. The third-order valence-corrected chi connectivity index (χ3v) is 7.28. The second kappa shape index (κ2) is 12.4. The highest BCUT2D eigenvalue weighted by atomic mass is 19.4. The Morgan fingerprint density at radius 3 is 2.49 bits per heavy atom. The fourth-order valence-corrected chi connectivity index (χ4v) is 4.73. The van der Waals surface area contributed by atoms with Crippen molar-refractivity contribution in [2.75, 3.05) is 56.6 Å². The summed E-state index contributed by atoms with van der Waals surface area (Å²) in [4.78, 5) is 25.7. The molecule has 1 amide bonds. The highest BCUT2D eigenvalue weighted by Gasteiger charge is 2.34. The number of rotatable bonds is 9. The number of piperazine rings is 1. The van der Waals surface area contributed by atoms with Crippen molar-refractivity contribution in [3.63, 3.8) is 0 Å². The van der Waals surface area contributed by atoms with Crippen LogP contribution in [0.5, 0.6) is 11.6 Å².